The minimum atomic E-state index is -4.10. The fourth-order valence-corrected chi connectivity index (χ4v) is 2.88. The summed E-state index contributed by atoms with van der Waals surface area (Å²) in [7, 11) is 0. The molecule has 0 aromatic heterocycles. The average molecular weight is 309 g/mol. The van der Waals surface area contributed by atoms with Crippen LogP contribution in [0.2, 0.25) is 0 Å². The van der Waals surface area contributed by atoms with Crippen LogP contribution in [0.25, 0.3) is 0 Å². The van der Waals surface area contributed by atoms with Crippen molar-refractivity contribution in [1.82, 2.24) is 5.32 Å². The Hall–Kier alpha value is -0.750. The molecular formula is C14H19F4NS. The largest absolute Gasteiger partial charge is 0.389 e. The first-order chi connectivity index (χ1) is 9.42. The molecule has 0 saturated heterocycles. The van der Waals surface area contributed by atoms with E-state index >= 15 is 0 Å². The molecule has 1 unspecified atom stereocenters. The zero-order valence-corrected chi connectivity index (χ0v) is 12.2. The zero-order chi connectivity index (χ0) is 15.0. The molecule has 1 aromatic rings. The van der Waals surface area contributed by atoms with Crippen LogP contribution in [0.15, 0.2) is 29.2 Å². The molecule has 0 heterocycles. The van der Waals surface area contributed by atoms with E-state index in [-0.39, 0.29) is 18.3 Å². The first-order valence-electron chi connectivity index (χ1n) is 6.60. The van der Waals surface area contributed by atoms with Gasteiger partial charge < -0.3 is 5.32 Å². The number of halogens is 4. The predicted molar refractivity (Wildman–Crippen MR) is 74.5 cm³/mol. The maximum atomic E-state index is 13.4. The van der Waals surface area contributed by atoms with Crippen molar-refractivity contribution in [3.05, 3.63) is 30.1 Å². The highest BCUT2D eigenvalue weighted by atomic mass is 32.2. The van der Waals surface area contributed by atoms with E-state index < -0.39 is 12.6 Å². The van der Waals surface area contributed by atoms with E-state index in [2.05, 4.69) is 5.32 Å². The molecule has 1 rings (SSSR count). The van der Waals surface area contributed by atoms with Gasteiger partial charge in [-0.15, -0.1) is 11.8 Å². The minimum absolute atomic E-state index is 0.0352. The van der Waals surface area contributed by atoms with Crippen molar-refractivity contribution in [3.63, 3.8) is 0 Å². The summed E-state index contributed by atoms with van der Waals surface area (Å²) in [5.41, 5.74) is 0. The van der Waals surface area contributed by atoms with Crippen LogP contribution in [-0.2, 0) is 0 Å². The van der Waals surface area contributed by atoms with Crippen LogP contribution >= 0.6 is 11.8 Å². The van der Waals surface area contributed by atoms with E-state index in [1.807, 2.05) is 6.92 Å². The van der Waals surface area contributed by atoms with Crippen LogP contribution in [0.3, 0.4) is 0 Å². The highest BCUT2D eigenvalue weighted by Gasteiger charge is 2.26. The monoisotopic (exact) mass is 309 g/mol. The molecular weight excluding hydrogens is 290 g/mol. The van der Waals surface area contributed by atoms with Gasteiger partial charge in [0.25, 0.3) is 0 Å². The molecule has 0 saturated carbocycles. The number of hydrogen-bond donors (Lipinski definition) is 1. The second-order valence-corrected chi connectivity index (χ2v) is 5.57. The van der Waals surface area contributed by atoms with Crippen LogP contribution in [0.5, 0.6) is 0 Å². The van der Waals surface area contributed by atoms with Crippen LogP contribution in [0.1, 0.15) is 26.2 Å². The number of alkyl halides is 3. The van der Waals surface area contributed by atoms with Crippen molar-refractivity contribution in [2.45, 2.75) is 43.3 Å². The molecule has 0 bridgehead atoms. The van der Waals surface area contributed by atoms with Gasteiger partial charge in [-0.25, -0.2) is 4.39 Å². The molecule has 0 radical (unpaired) electrons. The molecule has 0 spiro atoms. The Bertz CT molecular complexity index is 395. The Morgan fingerprint density at radius 1 is 1.25 bits per heavy atom. The van der Waals surface area contributed by atoms with E-state index in [1.54, 1.807) is 18.2 Å². The third kappa shape index (κ3) is 7.14. The lowest BCUT2D eigenvalue weighted by Crippen LogP contribution is -2.31. The molecule has 20 heavy (non-hydrogen) atoms. The third-order valence-corrected chi connectivity index (χ3v) is 3.99. The highest BCUT2D eigenvalue weighted by molar-refractivity contribution is 7.99. The summed E-state index contributed by atoms with van der Waals surface area (Å²) in [5.74, 6) is 0.273. The third-order valence-electron chi connectivity index (χ3n) is 2.78. The summed E-state index contributed by atoms with van der Waals surface area (Å²) < 4.78 is 49.8. The Labute approximate surface area is 121 Å². The van der Waals surface area contributed by atoms with Crippen LogP contribution < -0.4 is 5.32 Å². The van der Waals surface area contributed by atoms with Crippen molar-refractivity contribution in [1.29, 1.82) is 0 Å². The summed E-state index contributed by atoms with van der Waals surface area (Å²) in [6.07, 6.45) is -4.33. The van der Waals surface area contributed by atoms with Crippen molar-refractivity contribution in [2.75, 3.05) is 12.3 Å². The fourth-order valence-electron chi connectivity index (χ4n) is 1.83. The SMILES string of the molecule is CCNC(CCCC(F)(F)F)CSc1ccccc1F. The molecule has 0 aliphatic carbocycles. The molecule has 1 aromatic carbocycles. The lowest BCUT2D eigenvalue weighted by Gasteiger charge is -2.18. The molecule has 0 amide bonds. The van der Waals surface area contributed by atoms with E-state index in [4.69, 9.17) is 0 Å². The fraction of sp³-hybridized carbons (Fsp3) is 0.571. The molecule has 114 valence electrons. The number of rotatable bonds is 8. The van der Waals surface area contributed by atoms with E-state index in [0.29, 0.717) is 23.6 Å². The summed E-state index contributed by atoms with van der Waals surface area (Å²) >= 11 is 1.33. The lowest BCUT2D eigenvalue weighted by molar-refractivity contribution is -0.135. The zero-order valence-electron chi connectivity index (χ0n) is 11.3. The van der Waals surface area contributed by atoms with Gasteiger partial charge in [0, 0.05) is 23.1 Å². The van der Waals surface area contributed by atoms with Gasteiger partial charge in [-0.2, -0.15) is 13.2 Å². The smallest absolute Gasteiger partial charge is 0.313 e. The average Bonchev–Trinajstić information content (AvgIpc) is 2.36. The Morgan fingerprint density at radius 2 is 1.95 bits per heavy atom. The summed E-state index contributed by atoms with van der Waals surface area (Å²) in [6.45, 7) is 2.60. The Kier molecular flexibility index (Phi) is 7.37. The van der Waals surface area contributed by atoms with E-state index in [9.17, 15) is 17.6 Å². The molecule has 6 heteroatoms. The molecule has 1 atom stereocenters. The van der Waals surface area contributed by atoms with Gasteiger partial charge in [0.05, 0.1) is 0 Å². The molecule has 0 aliphatic heterocycles. The second kappa shape index (κ2) is 8.52. The topological polar surface area (TPSA) is 12.0 Å². The quantitative estimate of drug-likeness (QED) is 0.555. The summed E-state index contributed by atoms with van der Waals surface area (Å²) in [5, 5.41) is 3.15. The van der Waals surface area contributed by atoms with Crippen LogP contribution in [0, 0.1) is 5.82 Å². The van der Waals surface area contributed by atoms with Gasteiger partial charge >= 0.3 is 6.18 Å². The first kappa shape index (κ1) is 17.3. The summed E-state index contributed by atoms with van der Waals surface area (Å²) in [4.78, 5) is 0.534. The molecule has 1 N–H and O–H groups in total. The van der Waals surface area contributed by atoms with Gasteiger partial charge in [0.1, 0.15) is 5.82 Å². The number of thioether (sulfide) groups is 1. The van der Waals surface area contributed by atoms with Crippen LogP contribution in [-0.4, -0.2) is 24.5 Å². The first-order valence-corrected chi connectivity index (χ1v) is 7.58. The molecule has 0 fully saturated rings. The minimum Gasteiger partial charge on any atom is -0.313 e. The summed E-state index contributed by atoms with van der Waals surface area (Å²) in [6, 6.07) is 6.39. The maximum absolute atomic E-state index is 13.4. The highest BCUT2D eigenvalue weighted by Crippen LogP contribution is 2.25. The Balaban J connectivity index is 2.41. The molecule has 0 aliphatic rings. The standard InChI is InChI=1S/C14H19F4NS/c1-2-19-11(6-5-9-14(16,17)18)10-20-13-8-4-3-7-12(13)15/h3-4,7-8,11,19H,2,5-6,9-10H2,1H3. The van der Waals surface area contributed by atoms with Crippen LogP contribution in [0.4, 0.5) is 17.6 Å². The number of nitrogens with one attached hydrogen (secondary N) is 1. The number of hydrogen-bond acceptors (Lipinski definition) is 2. The van der Waals surface area contributed by atoms with Crippen molar-refractivity contribution in [3.8, 4) is 0 Å². The van der Waals surface area contributed by atoms with Gasteiger partial charge in [0.2, 0.25) is 0 Å². The van der Waals surface area contributed by atoms with Gasteiger partial charge in [-0.3, -0.25) is 0 Å². The van der Waals surface area contributed by atoms with Gasteiger partial charge in [0.15, 0.2) is 0 Å². The van der Waals surface area contributed by atoms with Crippen molar-refractivity contribution < 1.29 is 17.6 Å². The van der Waals surface area contributed by atoms with Gasteiger partial charge in [-0.1, -0.05) is 19.1 Å². The van der Waals surface area contributed by atoms with E-state index in [1.165, 1.54) is 17.8 Å². The van der Waals surface area contributed by atoms with Gasteiger partial charge in [-0.05, 0) is 31.5 Å². The molecule has 1 nitrogen and oxygen atoms in total. The van der Waals surface area contributed by atoms with Crippen molar-refractivity contribution in [2.24, 2.45) is 0 Å². The second-order valence-electron chi connectivity index (χ2n) is 4.50. The lowest BCUT2D eigenvalue weighted by atomic mass is 10.1. The van der Waals surface area contributed by atoms with Crippen molar-refractivity contribution >= 4 is 11.8 Å². The predicted octanol–water partition coefficient (Wildman–Crippen LogP) is 4.63. The normalized spacial score (nSPS) is 13.4. The maximum Gasteiger partial charge on any atom is 0.389 e. The Morgan fingerprint density at radius 3 is 2.55 bits per heavy atom. The van der Waals surface area contributed by atoms with E-state index in [0.717, 1.165) is 0 Å². The number of benzene rings is 1.